The summed E-state index contributed by atoms with van der Waals surface area (Å²) in [4.78, 5) is 7.91. The third-order valence-corrected chi connectivity index (χ3v) is 2.21. The molecule has 2 rings (SSSR count). The van der Waals surface area contributed by atoms with E-state index in [0.29, 0.717) is 18.2 Å². The number of pyridine rings is 2. The fourth-order valence-electron chi connectivity index (χ4n) is 1.35. The Morgan fingerprint density at radius 2 is 2.18 bits per heavy atom. The van der Waals surface area contributed by atoms with Gasteiger partial charge in [-0.05, 0) is 23.8 Å². The van der Waals surface area contributed by atoms with Crippen LogP contribution >= 0.6 is 0 Å². The Morgan fingerprint density at radius 3 is 2.88 bits per heavy atom. The highest BCUT2D eigenvalue weighted by atomic mass is 19.1. The zero-order valence-corrected chi connectivity index (χ0v) is 9.35. The number of methoxy groups -OCH3 is 1. The fourth-order valence-corrected chi connectivity index (χ4v) is 1.35. The first-order valence-electron chi connectivity index (χ1n) is 5.12. The van der Waals surface area contributed by atoms with Gasteiger partial charge in [-0.15, -0.1) is 0 Å². The average Bonchev–Trinajstić information content (AvgIpc) is 2.38. The van der Waals surface area contributed by atoms with Crippen LogP contribution in [0.5, 0.6) is 5.88 Å². The van der Waals surface area contributed by atoms with Gasteiger partial charge < -0.3 is 10.1 Å². The van der Waals surface area contributed by atoms with Crippen LogP contribution in [0.4, 0.5) is 10.2 Å². The zero-order chi connectivity index (χ0) is 12.1. The lowest BCUT2D eigenvalue weighted by atomic mass is 10.2. The predicted molar refractivity (Wildman–Crippen MR) is 62.3 cm³/mol. The van der Waals surface area contributed by atoms with Gasteiger partial charge in [0.1, 0.15) is 11.6 Å². The SMILES string of the molecule is COc1cc(CNc2ccc(F)cn2)ccn1. The van der Waals surface area contributed by atoms with E-state index in [9.17, 15) is 4.39 Å². The van der Waals surface area contributed by atoms with E-state index in [2.05, 4.69) is 15.3 Å². The normalized spacial score (nSPS) is 10.0. The largest absolute Gasteiger partial charge is 0.481 e. The highest BCUT2D eigenvalue weighted by molar-refractivity contribution is 5.35. The van der Waals surface area contributed by atoms with Crippen molar-refractivity contribution in [1.29, 1.82) is 0 Å². The van der Waals surface area contributed by atoms with Crippen molar-refractivity contribution in [3.05, 3.63) is 48.0 Å². The molecule has 0 aromatic carbocycles. The first-order valence-corrected chi connectivity index (χ1v) is 5.12. The molecule has 0 amide bonds. The Bertz CT molecular complexity index is 487. The highest BCUT2D eigenvalue weighted by Crippen LogP contribution is 2.10. The summed E-state index contributed by atoms with van der Waals surface area (Å²) < 4.78 is 17.7. The quantitative estimate of drug-likeness (QED) is 0.879. The summed E-state index contributed by atoms with van der Waals surface area (Å²) in [6.45, 7) is 0.581. The molecule has 0 aliphatic heterocycles. The van der Waals surface area contributed by atoms with Crippen molar-refractivity contribution in [2.45, 2.75) is 6.54 Å². The molecule has 0 fully saturated rings. The van der Waals surface area contributed by atoms with Crippen molar-refractivity contribution >= 4 is 5.82 Å². The maximum Gasteiger partial charge on any atom is 0.213 e. The van der Waals surface area contributed by atoms with Crippen molar-refractivity contribution in [3.8, 4) is 5.88 Å². The molecule has 88 valence electrons. The number of nitrogens with zero attached hydrogens (tertiary/aromatic N) is 2. The van der Waals surface area contributed by atoms with Crippen LogP contribution in [0.25, 0.3) is 0 Å². The maximum atomic E-state index is 12.6. The predicted octanol–water partition coefficient (Wildman–Crippen LogP) is 2.24. The van der Waals surface area contributed by atoms with E-state index in [1.54, 1.807) is 19.4 Å². The van der Waals surface area contributed by atoms with Gasteiger partial charge in [0.25, 0.3) is 0 Å². The van der Waals surface area contributed by atoms with Crippen molar-refractivity contribution in [3.63, 3.8) is 0 Å². The van der Waals surface area contributed by atoms with Crippen molar-refractivity contribution in [2.24, 2.45) is 0 Å². The molecule has 4 nitrogen and oxygen atoms in total. The van der Waals surface area contributed by atoms with Crippen LogP contribution < -0.4 is 10.1 Å². The monoisotopic (exact) mass is 233 g/mol. The Morgan fingerprint density at radius 1 is 1.29 bits per heavy atom. The molecule has 1 N–H and O–H groups in total. The number of aromatic nitrogens is 2. The van der Waals surface area contributed by atoms with E-state index in [1.165, 1.54) is 12.3 Å². The minimum Gasteiger partial charge on any atom is -0.481 e. The van der Waals surface area contributed by atoms with Gasteiger partial charge in [0.05, 0.1) is 13.3 Å². The third-order valence-electron chi connectivity index (χ3n) is 2.21. The molecule has 0 spiro atoms. The lowest BCUT2D eigenvalue weighted by molar-refractivity contribution is 0.397. The summed E-state index contributed by atoms with van der Waals surface area (Å²) >= 11 is 0. The number of ether oxygens (including phenoxy) is 1. The number of nitrogens with one attached hydrogen (secondary N) is 1. The minimum absolute atomic E-state index is 0.346. The van der Waals surface area contributed by atoms with Gasteiger partial charge in [-0.1, -0.05) is 0 Å². The van der Waals surface area contributed by atoms with Gasteiger partial charge in [-0.2, -0.15) is 0 Å². The Kier molecular flexibility index (Phi) is 3.49. The van der Waals surface area contributed by atoms with Crippen LogP contribution in [-0.4, -0.2) is 17.1 Å². The molecule has 17 heavy (non-hydrogen) atoms. The lowest BCUT2D eigenvalue weighted by Crippen LogP contribution is -2.02. The number of hydrogen-bond donors (Lipinski definition) is 1. The molecular weight excluding hydrogens is 221 g/mol. The van der Waals surface area contributed by atoms with Gasteiger partial charge in [0.15, 0.2) is 0 Å². The first kappa shape index (κ1) is 11.3. The molecule has 0 aliphatic carbocycles. The molecule has 5 heteroatoms. The number of rotatable bonds is 4. The molecule has 0 saturated heterocycles. The minimum atomic E-state index is -0.346. The molecule has 0 aliphatic rings. The van der Waals surface area contributed by atoms with E-state index >= 15 is 0 Å². The summed E-state index contributed by atoms with van der Waals surface area (Å²) in [5.41, 5.74) is 1.02. The Balaban J connectivity index is 1.99. The van der Waals surface area contributed by atoms with Crippen molar-refractivity contribution in [1.82, 2.24) is 9.97 Å². The van der Waals surface area contributed by atoms with Gasteiger partial charge in [-0.3, -0.25) is 0 Å². The second-order valence-electron chi connectivity index (χ2n) is 3.42. The highest BCUT2D eigenvalue weighted by Gasteiger charge is 1.98. The molecule has 0 bridgehead atoms. The zero-order valence-electron chi connectivity index (χ0n) is 9.35. The van der Waals surface area contributed by atoms with E-state index in [1.807, 2.05) is 12.1 Å². The van der Waals surface area contributed by atoms with Crippen LogP contribution in [0.15, 0.2) is 36.7 Å². The van der Waals surface area contributed by atoms with Gasteiger partial charge in [0.2, 0.25) is 5.88 Å². The summed E-state index contributed by atoms with van der Waals surface area (Å²) in [6.07, 6.45) is 2.85. The van der Waals surface area contributed by atoms with E-state index in [4.69, 9.17) is 4.74 Å². The number of anilines is 1. The fraction of sp³-hybridized carbons (Fsp3) is 0.167. The van der Waals surface area contributed by atoms with Crippen molar-refractivity contribution in [2.75, 3.05) is 12.4 Å². The van der Waals surface area contributed by atoms with Crippen LogP contribution in [0.3, 0.4) is 0 Å². The molecule has 2 aromatic rings. The summed E-state index contributed by atoms with van der Waals surface area (Å²) in [6, 6.07) is 6.66. The summed E-state index contributed by atoms with van der Waals surface area (Å²) in [7, 11) is 1.57. The number of hydrogen-bond acceptors (Lipinski definition) is 4. The van der Waals surface area contributed by atoms with Crippen LogP contribution in [-0.2, 0) is 6.54 Å². The summed E-state index contributed by atoms with van der Waals surface area (Å²) in [5, 5.41) is 3.08. The van der Waals surface area contributed by atoms with E-state index in [-0.39, 0.29) is 5.82 Å². The molecule has 0 unspecified atom stereocenters. The van der Waals surface area contributed by atoms with Crippen LogP contribution in [0.1, 0.15) is 5.56 Å². The molecule has 0 radical (unpaired) electrons. The van der Waals surface area contributed by atoms with Gasteiger partial charge in [-0.25, -0.2) is 14.4 Å². The maximum absolute atomic E-state index is 12.6. The average molecular weight is 233 g/mol. The third kappa shape index (κ3) is 3.14. The molecule has 2 heterocycles. The van der Waals surface area contributed by atoms with Crippen molar-refractivity contribution < 1.29 is 9.13 Å². The molecule has 2 aromatic heterocycles. The van der Waals surface area contributed by atoms with Crippen LogP contribution in [0, 0.1) is 5.82 Å². The van der Waals surface area contributed by atoms with Crippen LogP contribution in [0.2, 0.25) is 0 Å². The van der Waals surface area contributed by atoms with E-state index in [0.717, 1.165) is 5.56 Å². The lowest BCUT2D eigenvalue weighted by Gasteiger charge is -2.06. The first-order chi connectivity index (χ1) is 8.28. The second-order valence-corrected chi connectivity index (χ2v) is 3.42. The standard InChI is InChI=1S/C12H12FN3O/c1-17-12-6-9(4-5-14-12)7-15-11-3-2-10(13)8-16-11/h2-6,8H,7H2,1H3,(H,15,16). The number of halogens is 1. The molecular formula is C12H12FN3O. The topological polar surface area (TPSA) is 47.0 Å². The van der Waals surface area contributed by atoms with Gasteiger partial charge in [0, 0.05) is 18.8 Å². The smallest absolute Gasteiger partial charge is 0.213 e. The Hall–Kier alpha value is -2.17. The molecule has 0 atom stereocenters. The Labute approximate surface area is 98.5 Å². The van der Waals surface area contributed by atoms with Gasteiger partial charge >= 0.3 is 0 Å². The second kappa shape index (κ2) is 5.25. The summed E-state index contributed by atoms with van der Waals surface area (Å²) in [5.74, 6) is 0.847. The van der Waals surface area contributed by atoms with E-state index < -0.39 is 0 Å². The molecule has 0 saturated carbocycles.